The van der Waals surface area contributed by atoms with Crippen LogP contribution in [0.25, 0.3) is 6.08 Å². The van der Waals surface area contributed by atoms with E-state index in [2.05, 4.69) is 5.32 Å². The largest absolute Gasteiger partial charge is 0.497 e. The zero-order valence-corrected chi connectivity index (χ0v) is 12.9. The average Bonchev–Trinajstić information content (AvgIpc) is 3.04. The first-order valence-electron chi connectivity index (χ1n) is 6.68. The first kappa shape index (κ1) is 15.0. The Morgan fingerprint density at radius 2 is 2.04 bits per heavy atom. The third kappa shape index (κ3) is 2.86. The summed E-state index contributed by atoms with van der Waals surface area (Å²) < 4.78 is 5.10. The van der Waals surface area contributed by atoms with Crippen LogP contribution in [0.5, 0.6) is 5.75 Å². The zero-order valence-electron chi connectivity index (χ0n) is 12.1. The maximum absolute atomic E-state index is 12.6. The number of anilines is 1. The summed E-state index contributed by atoms with van der Waals surface area (Å²) in [5.41, 5.74) is 0.967. The molecule has 6 nitrogen and oxygen atoms in total. The van der Waals surface area contributed by atoms with Crippen LogP contribution in [0.4, 0.5) is 10.5 Å². The highest BCUT2D eigenvalue weighted by atomic mass is 32.1. The molecule has 1 fully saturated rings. The van der Waals surface area contributed by atoms with E-state index >= 15 is 0 Å². The molecule has 4 amide bonds. The van der Waals surface area contributed by atoms with E-state index in [4.69, 9.17) is 4.74 Å². The Morgan fingerprint density at radius 3 is 2.74 bits per heavy atom. The van der Waals surface area contributed by atoms with Gasteiger partial charge in [0.2, 0.25) is 0 Å². The number of amides is 4. The second-order valence-corrected chi connectivity index (χ2v) is 5.50. The molecule has 1 aliphatic rings. The molecule has 0 bridgehead atoms. The smallest absolute Gasteiger partial charge is 0.335 e. The van der Waals surface area contributed by atoms with Gasteiger partial charge in [0.25, 0.3) is 11.8 Å². The first-order valence-corrected chi connectivity index (χ1v) is 7.62. The van der Waals surface area contributed by atoms with Crippen LogP contribution in [0.2, 0.25) is 0 Å². The maximum Gasteiger partial charge on any atom is 0.335 e. The molecule has 1 aliphatic heterocycles. The van der Waals surface area contributed by atoms with Crippen molar-refractivity contribution in [1.29, 1.82) is 0 Å². The van der Waals surface area contributed by atoms with Crippen molar-refractivity contribution in [3.63, 3.8) is 0 Å². The summed E-state index contributed by atoms with van der Waals surface area (Å²) in [7, 11) is 1.49. The molecule has 0 atom stereocenters. The number of carbonyl (C=O) groups excluding carboxylic acids is 3. The van der Waals surface area contributed by atoms with Crippen molar-refractivity contribution in [2.45, 2.75) is 0 Å². The van der Waals surface area contributed by atoms with E-state index in [0.29, 0.717) is 11.4 Å². The van der Waals surface area contributed by atoms with Crippen LogP contribution in [0.1, 0.15) is 5.56 Å². The highest BCUT2D eigenvalue weighted by Crippen LogP contribution is 2.25. The first-order chi connectivity index (χ1) is 11.1. The molecule has 0 aliphatic carbocycles. The van der Waals surface area contributed by atoms with E-state index in [-0.39, 0.29) is 5.57 Å². The minimum Gasteiger partial charge on any atom is -0.497 e. The molecule has 1 aromatic carbocycles. The van der Waals surface area contributed by atoms with Gasteiger partial charge in [-0.25, -0.2) is 9.69 Å². The number of hydrogen-bond donors (Lipinski definition) is 1. The quantitative estimate of drug-likeness (QED) is 0.693. The van der Waals surface area contributed by atoms with Crippen LogP contribution in [-0.4, -0.2) is 25.0 Å². The minimum absolute atomic E-state index is 0.0918. The normalized spacial score (nSPS) is 16.7. The Morgan fingerprint density at radius 1 is 1.22 bits per heavy atom. The number of nitrogens with one attached hydrogen (secondary N) is 1. The molecule has 2 aromatic rings. The van der Waals surface area contributed by atoms with Crippen molar-refractivity contribution in [2.75, 3.05) is 12.0 Å². The van der Waals surface area contributed by atoms with Crippen molar-refractivity contribution < 1.29 is 19.1 Å². The lowest BCUT2D eigenvalue weighted by Crippen LogP contribution is -2.54. The highest BCUT2D eigenvalue weighted by Gasteiger charge is 2.36. The Labute approximate surface area is 136 Å². The molecule has 1 aromatic heterocycles. The Bertz CT molecular complexity index is 811. The molecule has 0 unspecified atom stereocenters. The fourth-order valence-electron chi connectivity index (χ4n) is 2.17. The van der Waals surface area contributed by atoms with Gasteiger partial charge in [-0.2, -0.15) is 11.3 Å². The number of carbonyl (C=O) groups is 3. The number of urea groups is 1. The molecule has 0 radical (unpaired) electrons. The van der Waals surface area contributed by atoms with Crippen molar-refractivity contribution in [3.05, 3.63) is 52.2 Å². The number of hydrogen-bond acceptors (Lipinski definition) is 5. The number of rotatable bonds is 3. The van der Waals surface area contributed by atoms with Crippen LogP contribution in [0.3, 0.4) is 0 Å². The van der Waals surface area contributed by atoms with Crippen LogP contribution in [-0.2, 0) is 9.59 Å². The van der Waals surface area contributed by atoms with E-state index in [0.717, 1.165) is 10.5 Å². The van der Waals surface area contributed by atoms with Gasteiger partial charge in [0.05, 0.1) is 12.8 Å². The Balaban J connectivity index is 2.01. The molecule has 0 spiro atoms. The number of thiophene rings is 1. The summed E-state index contributed by atoms with van der Waals surface area (Å²) in [5.74, 6) is -0.869. The van der Waals surface area contributed by atoms with E-state index in [9.17, 15) is 14.4 Å². The van der Waals surface area contributed by atoms with Gasteiger partial charge >= 0.3 is 6.03 Å². The zero-order chi connectivity index (χ0) is 16.4. The predicted octanol–water partition coefficient (Wildman–Crippen LogP) is 2.42. The van der Waals surface area contributed by atoms with Gasteiger partial charge in [0.15, 0.2) is 0 Å². The van der Waals surface area contributed by atoms with Gasteiger partial charge in [-0.15, -0.1) is 0 Å². The molecule has 1 N–H and O–H groups in total. The second kappa shape index (κ2) is 6.05. The van der Waals surface area contributed by atoms with Crippen molar-refractivity contribution >= 4 is 40.9 Å². The molecule has 116 valence electrons. The highest BCUT2D eigenvalue weighted by molar-refractivity contribution is 7.08. The monoisotopic (exact) mass is 328 g/mol. The van der Waals surface area contributed by atoms with Crippen LogP contribution in [0, 0.1) is 0 Å². The summed E-state index contributed by atoms with van der Waals surface area (Å²) >= 11 is 1.45. The van der Waals surface area contributed by atoms with Crippen molar-refractivity contribution in [1.82, 2.24) is 5.32 Å². The molecular formula is C16H12N2O4S. The van der Waals surface area contributed by atoms with Crippen LogP contribution < -0.4 is 15.0 Å². The minimum atomic E-state index is -0.782. The fraction of sp³-hybridized carbons (Fsp3) is 0.0625. The topological polar surface area (TPSA) is 75.7 Å². The predicted molar refractivity (Wildman–Crippen MR) is 86.3 cm³/mol. The Kier molecular flexibility index (Phi) is 3.94. The molecule has 7 heteroatoms. The summed E-state index contributed by atoms with van der Waals surface area (Å²) in [4.78, 5) is 37.6. The van der Waals surface area contributed by atoms with Gasteiger partial charge in [-0.3, -0.25) is 14.9 Å². The number of nitrogens with zero attached hydrogens (tertiary/aromatic N) is 1. The van der Waals surface area contributed by atoms with Gasteiger partial charge in [-0.05, 0) is 40.6 Å². The number of imide groups is 2. The lowest BCUT2D eigenvalue weighted by atomic mass is 10.1. The lowest BCUT2D eigenvalue weighted by molar-refractivity contribution is -0.122. The third-order valence-electron chi connectivity index (χ3n) is 3.27. The maximum atomic E-state index is 12.6. The molecule has 23 heavy (non-hydrogen) atoms. The molecule has 0 saturated carbocycles. The molecule has 2 heterocycles. The average molecular weight is 328 g/mol. The lowest BCUT2D eigenvalue weighted by Gasteiger charge is -2.26. The summed E-state index contributed by atoms with van der Waals surface area (Å²) in [6.07, 6.45) is 1.47. The number of barbiturate groups is 1. The van der Waals surface area contributed by atoms with Gasteiger partial charge in [0.1, 0.15) is 11.3 Å². The van der Waals surface area contributed by atoms with E-state index in [1.54, 1.807) is 35.7 Å². The van der Waals surface area contributed by atoms with E-state index < -0.39 is 17.8 Å². The summed E-state index contributed by atoms with van der Waals surface area (Å²) in [6, 6.07) is 7.50. The molecule has 1 saturated heterocycles. The molecule has 3 rings (SSSR count). The van der Waals surface area contributed by atoms with Crippen molar-refractivity contribution in [3.8, 4) is 5.75 Å². The Hall–Kier alpha value is -2.93. The fourth-order valence-corrected chi connectivity index (χ4v) is 2.78. The van der Waals surface area contributed by atoms with Gasteiger partial charge < -0.3 is 4.74 Å². The van der Waals surface area contributed by atoms with Crippen molar-refractivity contribution in [2.24, 2.45) is 0 Å². The standard InChI is InChI=1S/C16H12N2O4S/c1-22-12-4-2-3-11(8-12)18-15(20)13(14(19)17-16(18)21)7-10-5-6-23-9-10/h2-9H,1H3,(H,17,19,21)/b13-7+. The van der Waals surface area contributed by atoms with Gasteiger partial charge in [0, 0.05) is 6.07 Å². The summed E-state index contributed by atoms with van der Waals surface area (Å²) in [6.45, 7) is 0. The van der Waals surface area contributed by atoms with Crippen LogP contribution in [0.15, 0.2) is 46.7 Å². The third-order valence-corrected chi connectivity index (χ3v) is 3.97. The SMILES string of the molecule is COc1cccc(N2C(=O)NC(=O)/C(=C\c3ccsc3)C2=O)c1. The number of methoxy groups -OCH3 is 1. The van der Waals surface area contributed by atoms with E-state index in [1.807, 2.05) is 5.38 Å². The number of ether oxygens (including phenoxy) is 1. The van der Waals surface area contributed by atoms with Crippen LogP contribution >= 0.6 is 11.3 Å². The second-order valence-electron chi connectivity index (χ2n) is 4.72. The van der Waals surface area contributed by atoms with E-state index in [1.165, 1.54) is 24.5 Å². The number of benzene rings is 1. The summed E-state index contributed by atoms with van der Waals surface area (Å²) in [5, 5.41) is 5.82. The molecular weight excluding hydrogens is 316 g/mol. The van der Waals surface area contributed by atoms with Gasteiger partial charge in [-0.1, -0.05) is 6.07 Å².